The smallest absolute Gasteiger partial charge is 0.254 e. The van der Waals surface area contributed by atoms with Crippen molar-refractivity contribution in [3.05, 3.63) is 71.1 Å². The molecule has 1 aromatic heterocycles. The number of rotatable bonds is 3. The number of amides is 1. The van der Waals surface area contributed by atoms with Crippen LogP contribution < -0.4 is 0 Å². The molecule has 1 atom stereocenters. The van der Waals surface area contributed by atoms with Crippen LogP contribution in [-0.4, -0.2) is 27.5 Å². The van der Waals surface area contributed by atoms with Crippen molar-refractivity contribution in [2.75, 3.05) is 6.54 Å². The lowest BCUT2D eigenvalue weighted by Crippen LogP contribution is -2.30. The summed E-state index contributed by atoms with van der Waals surface area (Å²) in [5.41, 5.74) is 3.93. The van der Waals surface area contributed by atoms with Crippen molar-refractivity contribution in [3.8, 4) is 11.4 Å². The van der Waals surface area contributed by atoms with Crippen molar-refractivity contribution in [1.82, 2.24) is 15.0 Å². The minimum absolute atomic E-state index is 0.0163. The highest BCUT2D eigenvalue weighted by molar-refractivity contribution is 5.94. The highest BCUT2D eigenvalue weighted by Crippen LogP contribution is 2.33. The standard InChI is InChI=1S/C21H21N3O2/c1-14-5-9-16(10-6-14)19-22-20(26-23-19)18-4-3-13-24(18)21(25)17-11-7-15(2)8-12-17/h5-12,18H,3-4,13H2,1-2H3. The molecule has 0 aliphatic carbocycles. The summed E-state index contributed by atoms with van der Waals surface area (Å²) < 4.78 is 5.51. The molecule has 1 aliphatic heterocycles. The fourth-order valence-electron chi connectivity index (χ4n) is 3.32. The molecule has 5 heteroatoms. The number of benzene rings is 2. The molecule has 3 aromatic rings. The van der Waals surface area contributed by atoms with Gasteiger partial charge in [-0.2, -0.15) is 4.98 Å². The van der Waals surface area contributed by atoms with Crippen molar-refractivity contribution in [3.63, 3.8) is 0 Å². The molecule has 26 heavy (non-hydrogen) atoms. The van der Waals surface area contributed by atoms with Crippen LogP contribution in [0, 0.1) is 13.8 Å². The van der Waals surface area contributed by atoms with Gasteiger partial charge < -0.3 is 9.42 Å². The van der Waals surface area contributed by atoms with Gasteiger partial charge in [-0.25, -0.2) is 0 Å². The van der Waals surface area contributed by atoms with Gasteiger partial charge in [0.1, 0.15) is 6.04 Å². The topological polar surface area (TPSA) is 59.2 Å². The first-order valence-corrected chi connectivity index (χ1v) is 8.90. The molecule has 1 amide bonds. The number of hydrogen-bond donors (Lipinski definition) is 0. The summed E-state index contributed by atoms with van der Waals surface area (Å²) in [6, 6.07) is 15.5. The Morgan fingerprint density at radius 1 is 1.04 bits per heavy atom. The second-order valence-corrected chi connectivity index (χ2v) is 6.84. The van der Waals surface area contributed by atoms with Gasteiger partial charge in [0.05, 0.1) is 0 Å². The van der Waals surface area contributed by atoms with Crippen molar-refractivity contribution < 1.29 is 9.32 Å². The van der Waals surface area contributed by atoms with Gasteiger partial charge in [-0.05, 0) is 38.8 Å². The van der Waals surface area contributed by atoms with E-state index in [2.05, 4.69) is 10.1 Å². The first-order chi connectivity index (χ1) is 12.6. The van der Waals surface area contributed by atoms with E-state index in [0.717, 1.165) is 24.0 Å². The van der Waals surface area contributed by atoms with Gasteiger partial charge in [0.15, 0.2) is 0 Å². The molecule has 0 N–H and O–H groups in total. The van der Waals surface area contributed by atoms with Gasteiger partial charge in [-0.15, -0.1) is 0 Å². The van der Waals surface area contributed by atoms with E-state index in [4.69, 9.17) is 4.52 Å². The molecular weight excluding hydrogens is 326 g/mol. The minimum atomic E-state index is -0.157. The molecule has 5 nitrogen and oxygen atoms in total. The summed E-state index contributed by atoms with van der Waals surface area (Å²) >= 11 is 0. The fraction of sp³-hybridized carbons (Fsp3) is 0.286. The lowest BCUT2D eigenvalue weighted by atomic mass is 10.1. The van der Waals surface area contributed by atoms with Crippen LogP contribution in [0.25, 0.3) is 11.4 Å². The molecule has 132 valence electrons. The van der Waals surface area contributed by atoms with Gasteiger partial charge >= 0.3 is 0 Å². The van der Waals surface area contributed by atoms with E-state index >= 15 is 0 Å². The van der Waals surface area contributed by atoms with Gasteiger partial charge in [0.25, 0.3) is 5.91 Å². The zero-order valence-corrected chi connectivity index (χ0v) is 15.0. The Morgan fingerprint density at radius 3 is 2.38 bits per heavy atom. The highest BCUT2D eigenvalue weighted by atomic mass is 16.5. The van der Waals surface area contributed by atoms with Crippen molar-refractivity contribution >= 4 is 5.91 Å². The van der Waals surface area contributed by atoms with Gasteiger partial charge in [0, 0.05) is 17.7 Å². The van der Waals surface area contributed by atoms with Crippen LogP contribution >= 0.6 is 0 Å². The van der Waals surface area contributed by atoms with E-state index in [-0.39, 0.29) is 11.9 Å². The summed E-state index contributed by atoms with van der Waals surface area (Å²) in [6.45, 7) is 4.76. The zero-order chi connectivity index (χ0) is 18.1. The Balaban J connectivity index is 1.58. The molecule has 1 aliphatic rings. The predicted molar refractivity (Wildman–Crippen MR) is 98.7 cm³/mol. The Labute approximate surface area is 152 Å². The molecule has 1 fully saturated rings. The van der Waals surface area contributed by atoms with Crippen LogP contribution in [0.1, 0.15) is 46.3 Å². The summed E-state index contributed by atoms with van der Waals surface area (Å²) in [5, 5.41) is 4.11. The number of carbonyl (C=O) groups excluding carboxylic acids is 1. The van der Waals surface area contributed by atoms with E-state index in [1.54, 1.807) is 0 Å². The molecule has 0 saturated carbocycles. The molecule has 1 unspecified atom stereocenters. The maximum absolute atomic E-state index is 12.9. The van der Waals surface area contributed by atoms with Crippen LogP contribution in [0.15, 0.2) is 53.1 Å². The Morgan fingerprint density at radius 2 is 1.69 bits per heavy atom. The second-order valence-electron chi connectivity index (χ2n) is 6.84. The summed E-state index contributed by atoms with van der Waals surface area (Å²) in [7, 11) is 0. The first kappa shape index (κ1) is 16.5. The molecule has 2 aromatic carbocycles. The van der Waals surface area contributed by atoms with Crippen LogP contribution in [0.2, 0.25) is 0 Å². The number of carbonyl (C=O) groups is 1. The molecule has 2 heterocycles. The lowest BCUT2D eigenvalue weighted by Gasteiger charge is -2.22. The Hall–Kier alpha value is -2.95. The van der Waals surface area contributed by atoms with Crippen LogP contribution in [0.4, 0.5) is 0 Å². The quantitative estimate of drug-likeness (QED) is 0.707. The summed E-state index contributed by atoms with van der Waals surface area (Å²) in [6.07, 6.45) is 1.78. The second kappa shape index (κ2) is 6.75. The number of aromatic nitrogens is 2. The zero-order valence-electron chi connectivity index (χ0n) is 15.0. The number of likely N-dealkylation sites (tertiary alicyclic amines) is 1. The third-order valence-electron chi connectivity index (χ3n) is 4.85. The maximum atomic E-state index is 12.9. The van der Waals surface area contributed by atoms with Crippen molar-refractivity contribution in [2.45, 2.75) is 32.7 Å². The van der Waals surface area contributed by atoms with E-state index < -0.39 is 0 Å². The first-order valence-electron chi connectivity index (χ1n) is 8.90. The van der Waals surface area contributed by atoms with Crippen molar-refractivity contribution in [2.24, 2.45) is 0 Å². The lowest BCUT2D eigenvalue weighted by molar-refractivity contribution is 0.0710. The SMILES string of the molecule is Cc1ccc(C(=O)N2CCCC2c2nc(-c3ccc(C)cc3)no2)cc1. The molecule has 0 spiro atoms. The number of nitrogens with zero attached hydrogens (tertiary/aromatic N) is 3. The summed E-state index contributed by atoms with van der Waals surface area (Å²) in [4.78, 5) is 19.3. The van der Waals surface area contributed by atoms with Crippen LogP contribution in [-0.2, 0) is 0 Å². The van der Waals surface area contributed by atoms with Gasteiger partial charge in [-0.3, -0.25) is 4.79 Å². The largest absolute Gasteiger partial charge is 0.337 e. The van der Waals surface area contributed by atoms with Gasteiger partial charge in [0.2, 0.25) is 11.7 Å². The van der Waals surface area contributed by atoms with E-state index in [0.29, 0.717) is 23.8 Å². The van der Waals surface area contributed by atoms with Crippen LogP contribution in [0.3, 0.4) is 0 Å². The highest BCUT2D eigenvalue weighted by Gasteiger charge is 2.34. The van der Waals surface area contributed by atoms with Crippen LogP contribution in [0.5, 0.6) is 0 Å². The summed E-state index contributed by atoms with van der Waals surface area (Å²) in [5.74, 6) is 1.09. The molecule has 4 rings (SSSR count). The maximum Gasteiger partial charge on any atom is 0.254 e. The molecule has 0 bridgehead atoms. The van der Waals surface area contributed by atoms with Crippen molar-refractivity contribution in [1.29, 1.82) is 0 Å². The Kier molecular flexibility index (Phi) is 4.29. The molecule has 0 radical (unpaired) electrons. The third kappa shape index (κ3) is 3.12. The fourth-order valence-corrected chi connectivity index (χ4v) is 3.32. The predicted octanol–water partition coefficient (Wildman–Crippen LogP) is 4.33. The number of aryl methyl sites for hydroxylation is 2. The minimum Gasteiger partial charge on any atom is -0.337 e. The molecular formula is C21H21N3O2. The monoisotopic (exact) mass is 347 g/mol. The third-order valence-corrected chi connectivity index (χ3v) is 4.85. The Bertz CT molecular complexity index is 913. The van der Waals surface area contributed by atoms with E-state index in [9.17, 15) is 4.79 Å². The average Bonchev–Trinajstić information content (AvgIpc) is 3.31. The van der Waals surface area contributed by atoms with E-state index in [1.807, 2.05) is 67.3 Å². The van der Waals surface area contributed by atoms with Gasteiger partial charge in [-0.1, -0.05) is 52.7 Å². The molecule has 1 saturated heterocycles. The number of hydrogen-bond acceptors (Lipinski definition) is 4. The van der Waals surface area contributed by atoms with E-state index in [1.165, 1.54) is 5.56 Å². The normalized spacial score (nSPS) is 16.8. The average molecular weight is 347 g/mol.